The normalized spacial score (nSPS) is 23.0. The van der Waals surface area contributed by atoms with Crippen molar-refractivity contribution in [2.24, 2.45) is 0 Å². The molecule has 15 heavy (non-hydrogen) atoms. The van der Waals surface area contributed by atoms with Crippen LogP contribution in [0.1, 0.15) is 20.3 Å². The largest absolute Gasteiger partial charge is 0.465 e. The summed E-state index contributed by atoms with van der Waals surface area (Å²) in [6.07, 6.45) is 0.749. The topological polar surface area (TPSA) is 58.6 Å². The Morgan fingerprint density at radius 3 is 2.87 bits per heavy atom. The van der Waals surface area contributed by atoms with E-state index >= 15 is 0 Å². The van der Waals surface area contributed by atoms with Gasteiger partial charge in [-0.2, -0.15) is 0 Å². The van der Waals surface area contributed by atoms with Crippen molar-refractivity contribution in [1.29, 1.82) is 0 Å². The molecule has 0 bridgehead atoms. The molecule has 0 saturated carbocycles. The molecule has 1 saturated heterocycles. The standard InChI is InChI=1S/C10H18N2O3/c1-4-15-10(14)7(2)11-8-5-6-12(3)9(8)13/h7-8,11H,4-6H2,1-3H3. The van der Waals surface area contributed by atoms with E-state index < -0.39 is 6.04 Å². The van der Waals surface area contributed by atoms with Gasteiger partial charge in [-0.1, -0.05) is 0 Å². The number of nitrogens with one attached hydrogen (secondary N) is 1. The van der Waals surface area contributed by atoms with Gasteiger partial charge in [0.2, 0.25) is 5.91 Å². The predicted octanol–water partition coefficient (Wildman–Crippen LogP) is -0.242. The van der Waals surface area contributed by atoms with Crippen molar-refractivity contribution in [3.63, 3.8) is 0 Å². The van der Waals surface area contributed by atoms with E-state index in [4.69, 9.17) is 4.74 Å². The van der Waals surface area contributed by atoms with E-state index in [2.05, 4.69) is 5.32 Å². The molecule has 1 N–H and O–H groups in total. The fourth-order valence-corrected chi connectivity index (χ4v) is 1.61. The number of ether oxygens (including phenoxy) is 1. The lowest BCUT2D eigenvalue weighted by Gasteiger charge is -2.17. The van der Waals surface area contributed by atoms with E-state index in [1.54, 1.807) is 25.8 Å². The second-order valence-electron chi connectivity index (χ2n) is 3.74. The van der Waals surface area contributed by atoms with Crippen LogP contribution in [0, 0.1) is 0 Å². The number of amides is 1. The van der Waals surface area contributed by atoms with Crippen molar-refractivity contribution in [3.8, 4) is 0 Å². The highest BCUT2D eigenvalue weighted by molar-refractivity contribution is 5.85. The molecule has 1 fully saturated rings. The van der Waals surface area contributed by atoms with Crippen LogP contribution >= 0.6 is 0 Å². The number of carbonyl (C=O) groups is 2. The SMILES string of the molecule is CCOC(=O)C(C)NC1CCN(C)C1=O. The molecule has 0 aromatic heterocycles. The van der Waals surface area contributed by atoms with Crippen molar-refractivity contribution >= 4 is 11.9 Å². The van der Waals surface area contributed by atoms with Gasteiger partial charge in [0.1, 0.15) is 6.04 Å². The van der Waals surface area contributed by atoms with Gasteiger partial charge in [0.25, 0.3) is 0 Å². The molecular formula is C10H18N2O3. The van der Waals surface area contributed by atoms with Crippen molar-refractivity contribution in [2.45, 2.75) is 32.4 Å². The number of nitrogens with zero attached hydrogens (tertiary/aromatic N) is 1. The third-order valence-electron chi connectivity index (χ3n) is 2.52. The summed E-state index contributed by atoms with van der Waals surface area (Å²) in [7, 11) is 1.76. The zero-order valence-corrected chi connectivity index (χ0v) is 9.45. The number of hydrogen-bond acceptors (Lipinski definition) is 4. The first-order valence-electron chi connectivity index (χ1n) is 5.24. The van der Waals surface area contributed by atoms with Crippen LogP contribution in [-0.4, -0.2) is 49.1 Å². The Hall–Kier alpha value is -1.10. The van der Waals surface area contributed by atoms with Crippen LogP contribution in [0.5, 0.6) is 0 Å². The van der Waals surface area contributed by atoms with Crippen LogP contribution in [0.3, 0.4) is 0 Å². The average Bonchev–Trinajstić information content (AvgIpc) is 2.50. The van der Waals surface area contributed by atoms with Crippen molar-refractivity contribution < 1.29 is 14.3 Å². The summed E-state index contributed by atoms with van der Waals surface area (Å²) >= 11 is 0. The minimum absolute atomic E-state index is 0.0474. The van der Waals surface area contributed by atoms with E-state index in [1.807, 2.05) is 0 Å². The zero-order chi connectivity index (χ0) is 11.4. The summed E-state index contributed by atoms with van der Waals surface area (Å²) in [6, 6.07) is -0.667. The molecule has 5 nitrogen and oxygen atoms in total. The second-order valence-corrected chi connectivity index (χ2v) is 3.74. The van der Waals surface area contributed by atoms with E-state index in [9.17, 15) is 9.59 Å². The molecule has 1 aliphatic heterocycles. The molecular weight excluding hydrogens is 196 g/mol. The molecule has 2 unspecified atom stereocenters. The van der Waals surface area contributed by atoms with Gasteiger partial charge in [-0.05, 0) is 20.3 Å². The molecule has 0 spiro atoms. The van der Waals surface area contributed by atoms with Gasteiger partial charge in [0, 0.05) is 13.6 Å². The quantitative estimate of drug-likeness (QED) is 0.656. The summed E-state index contributed by atoms with van der Waals surface area (Å²) in [5.41, 5.74) is 0. The minimum Gasteiger partial charge on any atom is -0.465 e. The van der Waals surface area contributed by atoms with Gasteiger partial charge in [0.05, 0.1) is 12.6 Å². The van der Waals surface area contributed by atoms with E-state index in [-0.39, 0.29) is 17.9 Å². The Balaban J connectivity index is 2.41. The first-order chi connectivity index (χ1) is 7.06. The molecule has 1 amide bonds. The Kier molecular flexibility index (Phi) is 4.08. The van der Waals surface area contributed by atoms with Gasteiger partial charge >= 0.3 is 5.97 Å². The fourth-order valence-electron chi connectivity index (χ4n) is 1.61. The van der Waals surface area contributed by atoms with Gasteiger partial charge in [-0.15, -0.1) is 0 Å². The number of likely N-dealkylation sites (N-methyl/N-ethyl adjacent to an activating group) is 1. The summed E-state index contributed by atoms with van der Waals surface area (Å²) < 4.78 is 4.85. The van der Waals surface area contributed by atoms with Crippen molar-refractivity contribution in [2.75, 3.05) is 20.2 Å². The molecule has 5 heteroatoms. The van der Waals surface area contributed by atoms with Crippen LogP contribution in [-0.2, 0) is 14.3 Å². The second kappa shape index (κ2) is 5.11. The molecule has 2 atom stereocenters. The lowest BCUT2D eigenvalue weighted by molar-refractivity contribution is -0.145. The minimum atomic E-state index is -0.426. The smallest absolute Gasteiger partial charge is 0.322 e. The fraction of sp³-hybridized carbons (Fsp3) is 0.800. The number of carbonyl (C=O) groups excluding carboxylic acids is 2. The molecule has 0 aliphatic carbocycles. The van der Waals surface area contributed by atoms with Gasteiger partial charge < -0.3 is 9.64 Å². The van der Waals surface area contributed by atoms with Gasteiger partial charge in [-0.25, -0.2) is 0 Å². The van der Waals surface area contributed by atoms with Crippen molar-refractivity contribution in [1.82, 2.24) is 10.2 Å². The van der Waals surface area contributed by atoms with Crippen LogP contribution in [0.25, 0.3) is 0 Å². The first kappa shape index (κ1) is 12.0. The van der Waals surface area contributed by atoms with Crippen LogP contribution in [0.2, 0.25) is 0 Å². The number of hydrogen-bond donors (Lipinski definition) is 1. The third-order valence-corrected chi connectivity index (χ3v) is 2.52. The summed E-state index contributed by atoms with van der Waals surface area (Å²) in [5, 5.41) is 2.98. The molecule has 1 heterocycles. The molecule has 1 aliphatic rings. The van der Waals surface area contributed by atoms with Crippen LogP contribution in [0.4, 0.5) is 0 Å². The Bertz CT molecular complexity index is 255. The maximum absolute atomic E-state index is 11.5. The lowest BCUT2D eigenvalue weighted by atomic mass is 10.2. The lowest BCUT2D eigenvalue weighted by Crippen LogP contribution is -2.45. The maximum atomic E-state index is 11.5. The van der Waals surface area contributed by atoms with Gasteiger partial charge in [0.15, 0.2) is 0 Å². The first-order valence-corrected chi connectivity index (χ1v) is 5.24. The highest BCUT2D eigenvalue weighted by atomic mass is 16.5. The Labute approximate surface area is 89.8 Å². The third kappa shape index (κ3) is 2.92. The summed E-state index contributed by atoms with van der Waals surface area (Å²) in [4.78, 5) is 24.5. The monoisotopic (exact) mass is 214 g/mol. The van der Waals surface area contributed by atoms with E-state index in [0.29, 0.717) is 6.61 Å². The number of rotatable bonds is 4. The molecule has 0 aromatic rings. The highest BCUT2D eigenvalue weighted by Crippen LogP contribution is 2.09. The Morgan fingerprint density at radius 1 is 1.73 bits per heavy atom. The van der Waals surface area contributed by atoms with Gasteiger partial charge in [-0.3, -0.25) is 14.9 Å². The van der Waals surface area contributed by atoms with Crippen LogP contribution < -0.4 is 5.32 Å². The van der Waals surface area contributed by atoms with E-state index in [1.165, 1.54) is 0 Å². The molecule has 0 radical (unpaired) electrons. The Morgan fingerprint density at radius 2 is 2.40 bits per heavy atom. The number of likely N-dealkylation sites (tertiary alicyclic amines) is 1. The molecule has 1 rings (SSSR count). The molecule has 0 aromatic carbocycles. The van der Waals surface area contributed by atoms with Crippen LogP contribution in [0.15, 0.2) is 0 Å². The highest BCUT2D eigenvalue weighted by Gasteiger charge is 2.31. The maximum Gasteiger partial charge on any atom is 0.322 e. The number of esters is 1. The summed E-state index contributed by atoms with van der Waals surface area (Å²) in [5.74, 6) is -0.258. The average molecular weight is 214 g/mol. The summed E-state index contributed by atoms with van der Waals surface area (Å²) in [6.45, 7) is 4.58. The molecule has 86 valence electrons. The predicted molar refractivity (Wildman–Crippen MR) is 55.3 cm³/mol. The van der Waals surface area contributed by atoms with Crippen molar-refractivity contribution in [3.05, 3.63) is 0 Å². The van der Waals surface area contributed by atoms with E-state index in [0.717, 1.165) is 13.0 Å². The zero-order valence-electron chi connectivity index (χ0n) is 9.45.